The lowest BCUT2D eigenvalue weighted by molar-refractivity contribution is -0.384. The molecule has 2 rings (SSSR count). The molecule has 0 aliphatic rings. The average molecular weight is 277 g/mol. The minimum atomic E-state index is -0.552. The fraction of sp³-hybridized carbons (Fsp3) is 0. The van der Waals surface area contributed by atoms with Crippen LogP contribution in [0.25, 0.3) is 0 Å². The Morgan fingerprint density at radius 3 is 2.42 bits per heavy atom. The first-order chi connectivity index (χ1) is 9.06. The molecule has 0 atom stereocenters. The average Bonchev–Trinajstić information content (AvgIpc) is 2.39. The van der Waals surface area contributed by atoms with E-state index in [1.807, 2.05) is 0 Å². The van der Waals surface area contributed by atoms with Crippen LogP contribution in [-0.4, -0.2) is 4.92 Å². The van der Waals surface area contributed by atoms with Gasteiger partial charge in [0.25, 0.3) is 5.69 Å². The number of nitro benzene ring substituents is 1. The molecule has 0 saturated heterocycles. The van der Waals surface area contributed by atoms with Gasteiger partial charge in [-0.2, -0.15) is 5.11 Å². The summed E-state index contributed by atoms with van der Waals surface area (Å²) in [6.45, 7) is 0. The summed E-state index contributed by atoms with van der Waals surface area (Å²) < 4.78 is 0. The van der Waals surface area contributed by atoms with Crippen LogP contribution in [0.4, 0.5) is 22.7 Å². The molecule has 0 aliphatic heterocycles. The van der Waals surface area contributed by atoms with E-state index in [4.69, 9.17) is 17.3 Å². The molecule has 0 bridgehead atoms. The van der Waals surface area contributed by atoms with Gasteiger partial charge >= 0.3 is 0 Å². The molecule has 0 unspecified atom stereocenters. The van der Waals surface area contributed by atoms with Gasteiger partial charge in [0.05, 0.1) is 10.6 Å². The maximum Gasteiger partial charge on any atom is 0.298 e. The van der Waals surface area contributed by atoms with E-state index in [9.17, 15) is 10.1 Å². The third-order valence-electron chi connectivity index (χ3n) is 2.30. The lowest BCUT2D eigenvalue weighted by atomic mass is 10.3. The highest BCUT2D eigenvalue weighted by Crippen LogP contribution is 2.31. The van der Waals surface area contributed by atoms with Crippen molar-refractivity contribution in [2.24, 2.45) is 10.2 Å². The van der Waals surface area contributed by atoms with Crippen molar-refractivity contribution in [1.29, 1.82) is 0 Å². The Labute approximate surface area is 113 Å². The Hall–Kier alpha value is -2.47. The molecule has 19 heavy (non-hydrogen) atoms. The molecule has 0 fully saturated rings. The van der Waals surface area contributed by atoms with Crippen molar-refractivity contribution in [1.82, 2.24) is 0 Å². The van der Waals surface area contributed by atoms with E-state index in [0.717, 1.165) is 0 Å². The number of nitro groups is 1. The molecule has 7 heteroatoms. The first-order valence-electron chi connectivity index (χ1n) is 5.27. The summed E-state index contributed by atoms with van der Waals surface area (Å²) in [7, 11) is 0. The van der Waals surface area contributed by atoms with Crippen LogP contribution in [0.3, 0.4) is 0 Å². The van der Waals surface area contributed by atoms with Gasteiger partial charge in [0, 0.05) is 16.8 Å². The normalized spacial score (nSPS) is 10.8. The second-order valence-electron chi connectivity index (χ2n) is 3.68. The predicted molar refractivity (Wildman–Crippen MR) is 73.1 cm³/mol. The number of nitrogens with zero attached hydrogens (tertiary/aromatic N) is 3. The zero-order chi connectivity index (χ0) is 13.8. The van der Waals surface area contributed by atoms with Crippen LogP contribution in [0.5, 0.6) is 0 Å². The van der Waals surface area contributed by atoms with Crippen LogP contribution in [0, 0.1) is 10.1 Å². The molecule has 0 amide bonds. The highest BCUT2D eigenvalue weighted by molar-refractivity contribution is 6.30. The molecule has 0 saturated carbocycles. The number of rotatable bonds is 3. The zero-order valence-electron chi connectivity index (χ0n) is 9.65. The van der Waals surface area contributed by atoms with E-state index < -0.39 is 4.92 Å². The number of azo groups is 1. The van der Waals surface area contributed by atoms with E-state index in [1.165, 1.54) is 18.2 Å². The van der Waals surface area contributed by atoms with Crippen molar-refractivity contribution in [3.8, 4) is 0 Å². The highest BCUT2D eigenvalue weighted by Gasteiger charge is 2.13. The number of hydrogen-bond donors (Lipinski definition) is 1. The van der Waals surface area contributed by atoms with E-state index in [2.05, 4.69) is 10.2 Å². The molecular formula is C12H9ClN4O2. The number of anilines is 1. The van der Waals surface area contributed by atoms with Crippen molar-refractivity contribution in [3.63, 3.8) is 0 Å². The molecule has 6 nitrogen and oxygen atoms in total. The Bertz CT molecular complexity index is 641. The van der Waals surface area contributed by atoms with Crippen molar-refractivity contribution >= 4 is 34.4 Å². The minimum Gasteiger partial charge on any atom is -0.399 e. The second kappa shape index (κ2) is 5.45. The number of nitrogen functional groups attached to an aromatic ring is 1. The van der Waals surface area contributed by atoms with Crippen molar-refractivity contribution in [2.45, 2.75) is 0 Å². The number of nitrogens with two attached hydrogens (primary N) is 1. The van der Waals surface area contributed by atoms with Gasteiger partial charge in [0.2, 0.25) is 0 Å². The minimum absolute atomic E-state index is 0.145. The third kappa shape index (κ3) is 3.26. The largest absolute Gasteiger partial charge is 0.399 e. The Morgan fingerprint density at radius 2 is 1.79 bits per heavy atom. The molecule has 2 aromatic rings. The molecule has 96 valence electrons. The maximum absolute atomic E-state index is 10.9. The molecule has 0 radical (unpaired) electrons. The molecule has 0 spiro atoms. The van der Waals surface area contributed by atoms with Gasteiger partial charge in [-0.1, -0.05) is 11.6 Å². The molecular weight excluding hydrogens is 268 g/mol. The summed E-state index contributed by atoms with van der Waals surface area (Å²) >= 11 is 5.70. The fourth-order valence-electron chi connectivity index (χ4n) is 1.38. The van der Waals surface area contributed by atoms with Crippen LogP contribution in [0.15, 0.2) is 52.7 Å². The SMILES string of the molecule is Nc1ccc(N=Nc2ccc(Cl)cc2[N+](=O)[O-])cc1. The molecule has 0 aliphatic carbocycles. The van der Waals surface area contributed by atoms with Gasteiger partial charge in [-0.05, 0) is 36.4 Å². The molecule has 2 N–H and O–H groups in total. The Morgan fingerprint density at radius 1 is 1.11 bits per heavy atom. The van der Waals surface area contributed by atoms with E-state index in [-0.39, 0.29) is 16.4 Å². The quantitative estimate of drug-likeness (QED) is 0.393. The number of halogens is 1. The standard InChI is InChI=1S/C12H9ClN4O2/c13-8-1-6-11(12(7-8)17(18)19)16-15-10-4-2-9(14)3-5-10/h1-7H,14H2. The second-order valence-corrected chi connectivity index (χ2v) is 4.12. The number of benzene rings is 2. The monoisotopic (exact) mass is 276 g/mol. The first-order valence-corrected chi connectivity index (χ1v) is 5.65. The van der Waals surface area contributed by atoms with E-state index in [1.54, 1.807) is 24.3 Å². The third-order valence-corrected chi connectivity index (χ3v) is 2.54. The van der Waals surface area contributed by atoms with E-state index >= 15 is 0 Å². The van der Waals surface area contributed by atoms with Crippen LogP contribution in [0.2, 0.25) is 5.02 Å². The predicted octanol–water partition coefficient (Wildman–Crippen LogP) is 4.25. The van der Waals surface area contributed by atoms with Gasteiger partial charge in [-0.15, -0.1) is 5.11 Å². The van der Waals surface area contributed by atoms with Crippen LogP contribution in [-0.2, 0) is 0 Å². The Kier molecular flexibility index (Phi) is 3.72. The van der Waals surface area contributed by atoms with Gasteiger partial charge in [-0.3, -0.25) is 10.1 Å². The summed E-state index contributed by atoms with van der Waals surface area (Å²) in [4.78, 5) is 10.3. The topological polar surface area (TPSA) is 93.9 Å². The lowest BCUT2D eigenvalue weighted by Crippen LogP contribution is -1.87. The Balaban J connectivity index is 2.32. The smallest absolute Gasteiger partial charge is 0.298 e. The van der Waals surface area contributed by atoms with Crippen molar-refractivity contribution < 1.29 is 4.92 Å². The highest BCUT2D eigenvalue weighted by atomic mass is 35.5. The molecule has 0 heterocycles. The van der Waals surface area contributed by atoms with Crippen molar-refractivity contribution in [3.05, 3.63) is 57.6 Å². The summed E-state index contributed by atoms with van der Waals surface area (Å²) in [6.07, 6.45) is 0. The molecule has 2 aromatic carbocycles. The van der Waals surface area contributed by atoms with Crippen molar-refractivity contribution in [2.75, 3.05) is 5.73 Å². The van der Waals surface area contributed by atoms with Gasteiger partial charge in [-0.25, -0.2) is 0 Å². The lowest BCUT2D eigenvalue weighted by Gasteiger charge is -1.97. The summed E-state index contributed by atoms with van der Waals surface area (Å²) in [5.41, 5.74) is 6.66. The summed E-state index contributed by atoms with van der Waals surface area (Å²) in [5.74, 6) is 0. The summed E-state index contributed by atoms with van der Waals surface area (Å²) in [6, 6.07) is 10.9. The zero-order valence-corrected chi connectivity index (χ0v) is 10.4. The maximum atomic E-state index is 10.9. The molecule has 0 aromatic heterocycles. The fourth-order valence-corrected chi connectivity index (χ4v) is 1.55. The van der Waals surface area contributed by atoms with Crippen LogP contribution in [0.1, 0.15) is 0 Å². The van der Waals surface area contributed by atoms with Crippen LogP contribution >= 0.6 is 11.6 Å². The number of hydrogen-bond acceptors (Lipinski definition) is 5. The van der Waals surface area contributed by atoms with E-state index in [0.29, 0.717) is 11.4 Å². The summed E-state index contributed by atoms with van der Waals surface area (Å²) in [5, 5.41) is 18.9. The first kappa shape index (κ1) is 13.0. The van der Waals surface area contributed by atoms with Gasteiger partial charge < -0.3 is 5.73 Å². The van der Waals surface area contributed by atoms with Gasteiger partial charge in [0.15, 0.2) is 5.69 Å². The van der Waals surface area contributed by atoms with Gasteiger partial charge in [0.1, 0.15) is 0 Å². The van der Waals surface area contributed by atoms with Crippen LogP contribution < -0.4 is 5.73 Å².